The summed E-state index contributed by atoms with van der Waals surface area (Å²) in [5.74, 6) is -0.818. The van der Waals surface area contributed by atoms with Crippen molar-refractivity contribution in [2.45, 2.75) is 6.92 Å². The monoisotopic (exact) mass is 381 g/mol. The van der Waals surface area contributed by atoms with Gasteiger partial charge in [0.15, 0.2) is 0 Å². The van der Waals surface area contributed by atoms with Crippen molar-refractivity contribution in [3.63, 3.8) is 0 Å². The number of hydrogen-bond acceptors (Lipinski definition) is 6. The molecule has 3 aromatic rings. The minimum Gasteiger partial charge on any atom is -0.423 e. The number of hydrogen-bond donors (Lipinski definition) is 1. The standard InChI is InChI=1S/C21H19NO6/c1-13-4-3-5-15(10-13)20(24)27-16-7-6-14-11-17(19(23)22-8-9-26-2)21(25)28-18(14)12-16/h3-7,10-12H,8-9H2,1-2H3,(H,22,23). The number of rotatable bonds is 6. The molecule has 0 atom stereocenters. The van der Waals surface area contributed by atoms with Crippen LogP contribution in [-0.2, 0) is 4.74 Å². The molecule has 28 heavy (non-hydrogen) atoms. The van der Waals surface area contributed by atoms with E-state index in [1.54, 1.807) is 30.3 Å². The summed E-state index contributed by atoms with van der Waals surface area (Å²) in [7, 11) is 1.51. The first-order chi connectivity index (χ1) is 13.5. The lowest BCUT2D eigenvalue weighted by molar-refractivity contribution is 0.0734. The molecule has 0 aliphatic carbocycles. The fraction of sp³-hybridized carbons (Fsp3) is 0.190. The van der Waals surface area contributed by atoms with Crippen molar-refractivity contribution in [2.24, 2.45) is 0 Å². The molecule has 0 radical (unpaired) electrons. The number of carbonyl (C=O) groups is 2. The quantitative estimate of drug-likeness (QED) is 0.305. The van der Waals surface area contributed by atoms with Crippen molar-refractivity contribution in [3.8, 4) is 5.75 Å². The van der Waals surface area contributed by atoms with E-state index in [2.05, 4.69) is 5.32 Å². The fourth-order valence-electron chi connectivity index (χ4n) is 2.61. The van der Waals surface area contributed by atoms with Gasteiger partial charge in [-0.15, -0.1) is 0 Å². The molecular formula is C21H19NO6. The van der Waals surface area contributed by atoms with E-state index in [1.165, 1.54) is 19.2 Å². The van der Waals surface area contributed by atoms with Gasteiger partial charge in [-0.25, -0.2) is 9.59 Å². The highest BCUT2D eigenvalue weighted by atomic mass is 16.5. The maximum atomic E-state index is 12.3. The summed E-state index contributed by atoms with van der Waals surface area (Å²) >= 11 is 0. The van der Waals surface area contributed by atoms with E-state index in [0.717, 1.165) is 5.56 Å². The van der Waals surface area contributed by atoms with E-state index in [0.29, 0.717) is 17.6 Å². The maximum Gasteiger partial charge on any atom is 0.349 e. The van der Waals surface area contributed by atoms with E-state index in [1.807, 2.05) is 13.0 Å². The van der Waals surface area contributed by atoms with Crippen LogP contribution in [0, 0.1) is 6.92 Å². The van der Waals surface area contributed by atoms with Crippen molar-refractivity contribution in [1.29, 1.82) is 0 Å². The number of ether oxygens (including phenoxy) is 2. The Bertz CT molecular complexity index is 1090. The van der Waals surface area contributed by atoms with Gasteiger partial charge in [-0.1, -0.05) is 17.7 Å². The molecule has 144 valence electrons. The molecule has 0 fully saturated rings. The molecule has 7 heteroatoms. The Kier molecular flexibility index (Phi) is 5.86. The number of amides is 1. The van der Waals surface area contributed by atoms with Crippen molar-refractivity contribution in [2.75, 3.05) is 20.3 Å². The third kappa shape index (κ3) is 4.44. The lowest BCUT2D eigenvalue weighted by Gasteiger charge is -2.07. The van der Waals surface area contributed by atoms with E-state index in [-0.39, 0.29) is 23.4 Å². The summed E-state index contributed by atoms with van der Waals surface area (Å²) < 4.78 is 15.4. The van der Waals surface area contributed by atoms with E-state index in [9.17, 15) is 14.4 Å². The first kappa shape index (κ1) is 19.3. The Hall–Kier alpha value is -3.45. The second kappa shape index (κ2) is 8.49. The Morgan fingerprint density at radius 1 is 1.11 bits per heavy atom. The van der Waals surface area contributed by atoms with Crippen LogP contribution in [0.4, 0.5) is 0 Å². The van der Waals surface area contributed by atoms with Crippen LogP contribution < -0.4 is 15.7 Å². The molecule has 0 bridgehead atoms. The highest BCUT2D eigenvalue weighted by Crippen LogP contribution is 2.21. The van der Waals surface area contributed by atoms with Crippen LogP contribution in [0.5, 0.6) is 5.75 Å². The zero-order chi connectivity index (χ0) is 20.1. The van der Waals surface area contributed by atoms with Crippen molar-refractivity contribution >= 4 is 22.8 Å². The molecule has 1 heterocycles. The van der Waals surface area contributed by atoms with Gasteiger partial charge in [0.25, 0.3) is 5.91 Å². The number of benzene rings is 2. The summed E-state index contributed by atoms with van der Waals surface area (Å²) in [5.41, 5.74) is 0.700. The zero-order valence-corrected chi connectivity index (χ0v) is 15.5. The van der Waals surface area contributed by atoms with Gasteiger partial charge in [0, 0.05) is 25.1 Å². The second-order valence-electron chi connectivity index (χ2n) is 6.15. The molecule has 1 amide bonds. The number of carbonyl (C=O) groups excluding carboxylic acids is 2. The predicted molar refractivity (Wildman–Crippen MR) is 103 cm³/mol. The highest BCUT2D eigenvalue weighted by Gasteiger charge is 2.15. The molecule has 0 aliphatic rings. The SMILES string of the molecule is COCCNC(=O)c1cc2ccc(OC(=O)c3cccc(C)c3)cc2oc1=O. The number of nitrogens with one attached hydrogen (secondary N) is 1. The van der Waals surface area contributed by atoms with E-state index < -0.39 is 17.5 Å². The van der Waals surface area contributed by atoms with Crippen molar-refractivity contribution < 1.29 is 23.5 Å². The fourth-order valence-corrected chi connectivity index (χ4v) is 2.61. The summed E-state index contributed by atoms with van der Waals surface area (Å²) in [6.45, 7) is 2.49. The Morgan fingerprint density at radius 3 is 2.68 bits per heavy atom. The van der Waals surface area contributed by atoms with Crippen LogP contribution in [0.1, 0.15) is 26.3 Å². The number of esters is 1. The van der Waals surface area contributed by atoms with Crippen LogP contribution in [0.3, 0.4) is 0 Å². The van der Waals surface area contributed by atoms with Gasteiger partial charge in [-0.2, -0.15) is 0 Å². The normalized spacial score (nSPS) is 10.6. The van der Waals surface area contributed by atoms with Gasteiger partial charge < -0.3 is 19.2 Å². The third-order valence-electron chi connectivity index (χ3n) is 4.01. The smallest absolute Gasteiger partial charge is 0.349 e. The lowest BCUT2D eigenvalue weighted by Crippen LogP contribution is -2.30. The van der Waals surface area contributed by atoms with Crippen LogP contribution >= 0.6 is 0 Å². The van der Waals surface area contributed by atoms with Gasteiger partial charge in [0.05, 0.1) is 12.2 Å². The first-order valence-electron chi connectivity index (χ1n) is 8.62. The molecule has 1 aromatic heterocycles. The third-order valence-corrected chi connectivity index (χ3v) is 4.01. The summed E-state index contributed by atoms with van der Waals surface area (Å²) in [6.07, 6.45) is 0. The van der Waals surface area contributed by atoms with E-state index in [4.69, 9.17) is 13.9 Å². The Morgan fingerprint density at radius 2 is 1.93 bits per heavy atom. The molecule has 0 saturated carbocycles. The Labute approximate surface area is 160 Å². The minimum atomic E-state index is -0.774. The summed E-state index contributed by atoms with van der Waals surface area (Å²) in [5, 5.41) is 3.11. The first-order valence-corrected chi connectivity index (χ1v) is 8.62. The van der Waals surface area contributed by atoms with Crippen LogP contribution in [0.15, 0.2) is 57.7 Å². The largest absolute Gasteiger partial charge is 0.423 e. The number of aryl methyl sites for hydroxylation is 1. The topological polar surface area (TPSA) is 94.8 Å². The molecule has 2 aromatic carbocycles. The van der Waals surface area contributed by atoms with Crippen molar-refractivity contribution in [3.05, 3.63) is 75.6 Å². The maximum absolute atomic E-state index is 12.3. The molecule has 1 N–H and O–H groups in total. The zero-order valence-electron chi connectivity index (χ0n) is 15.5. The highest BCUT2D eigenvalue weighted by molar-refractivity contribution is 5.97. The van der Waals surface area contributed by atoms with Gasteiger partial charge in [0.1, 0.15) is 16.9 Å². The molecule has 3 rings (SSSR count). The van der Waals surface area contributed by atoms with E-state index >= 15 is 0 Å². The number of fused-ring (bicyclic) bond motifs is 1. The van der Waals surface area contributed by atoms with Gasteiger partial charge >= 0.3 is 11.6 Å². The lowest BCUT2D eigenvalue weighted by atomic mass is 10.1. The predicted octanol–water partition coefficient (Wildman–Crippen LogP) is 2.70. The van der Waals surface area contributed by atoms with Crippen LogP contribution in [-0.4, -0.2) is 32.1 Å². The molecule has 0 spiro atoms. The number of methoxy groups -OCH3 is 1. The summed E-state index contributed by atoms with van der Waals surface area (Å²) in [6, 6.07) is 13.1. The van der Waals surface area contributed by atoms with Crippen LogP contribution in [0.25, 0.3) is 11.0 Å². The average molecular weight is 381 g/mol. The Balaban J connectivity index is 1.82. The van der Waals surface area contributed by atoms with Crippen LogP contribution in [0.2, 0.25) is 0 Å². The van der Waals surface area contributed by atoms with Gasteiger partial charge in [-0.3, -0.25) is 4.79 Å². The molecule has 7 nitrogen and oxygen atoms in total. The minimum absolute atomic E-state index is 0.104. The molecule has 0 unspecified atom stereocenters. The molecule has 0 aliphatic heterocycles. The van der Waals surface area contributed by atoms with Crippen molar-refractivity contribution in [1.82, 2.24) is 5.32 Å². The van der Waals surface area contributed by atoms with Gasteiger partial charge in [0.2, 0.25) is 0 Å². The molecule has 0 saturated heterocycles. The van der Waals surface area contributed by atoms with Gasteiger partial charge in [-0.05, 0) is 37.3 Å². The average Bonchev–Trinajstić information content (AvgIpc) is 2.67. The summed E-state index contributed by atoms with van der Waals surface area (Å²) in [4.78, 5) is 36.5. The molecular weight excluding hydrogens is 362 g/mol. The second-order valence-corrected chi connectivity index (χ2v) is 6.15.